The van der Waals surface area contributed by atoms with Crippen molar-refractivity contribution in [2.75, 3.05) is 0 Å². The number of hydrogen-bond donors (Lipinski definition) is 0. The zero-order valence-corrected chi connectivity index (χ0v) is 19.2. The summed E-state index contributed by atoms with van der Waals surface area (Å²) < 4.78 is 0. The first-order valence-electron chi connectivity index (χ1n) is 10.4. The Kier molecular flexibility index (Phi) is 6.25. The predicted molar refractivity (Wildman–Crippen MR) is 125 cm³/mol. The summed E-state index contributed by atoms with van der Waals surface area (Å²) in [5, 5.41) is 3.15. The quantitative estimate of drug-likeness (QED) is 0.448. The van der Waals surface area contributed by atoms with Gasteiger partial charge in [0.05, 0.1) is 0 Å². The molecule has 145 valence electrons. The number of benzene rings is 3. The van der Waals surface area contributed by atoms with E-state index < -0.39 is 8.80 Å². The molecule has 28 heavy (non-hydrogen) atoms. The van der Waals surface area contributed by atoms with Gasteiger partial charge in [-0.15, -0.1) is 0 Å². The van der Waals surface area contributed by atoms with Crippen molar-refractivity contribution in [1.82, 2.24) is 0 Å². The molecule has 3 aromatic carbocycles. The van der Waals surface area contributed by atoms with Crippen LogP contribution in [-0.2, 0) is 0 Å². The number of hydrogen-bond acceptors (Lipinski definition) is 0. The van der Waals surface area contributed by atoms with Crippen molar-refractivity contribution < 1.29 is 0 Å². The van der Waals surface area contributed by atoms with Gasteiger partial charge in [0.25, 0.3) is 0 Å². The van der Waals surface area contributed by atoms with E-state index in [2.05, 4.69) is 120 Å². The number of aryl methyl sites for hydroxylation is 2. The van der Waals surface area contributed by atoms with Crippen LogP contribution in [0, 0.1) is 19.8 Å². The smallest absolute Gasteiger partial charge is 0.0628 e. The largest absolute Gasteiger partial charge is 0.127 e. The van der Waals surface area contributed by atoms with E-state index in [0.717, 1.165) is 0 Å². The van der Waals surface area contributed by atoms with Gasteiger partial charge >= 0.3 is 0 Å². The van der Waals surface area contributed by atoms with E-state index in [4.69, 9.17) is 0 Å². The Morgan fingerprint density at radius 1 is 0.643 bits per heavy atom. The summed E-state index contributed by atoms with van der Waals surface area (Å²) in [6.07, 6.45) is 0. The molecule has 1 heteroatoms. The molecular weight excluding hydrogens is 352 g/mol. The normalized spacial score (nSPS) is 13.1. The summed E-state index contributed by atoms with van der Waals surface area (Å²) >= 11 is 0. The second kappa shape index (κ2) is 8.49. The maximum atomic E-state index is 2.51. The van der Waals surface area contributed by atoms with Crippen LogP contribution in [0.5, 0.6) is 0 Å². The molecule has 1 radical (unpaired) electrons. The lowest BCUT2D eigenvalue weighted by atomic mass is 9.76. The van der Waals surface area contributed by atoms with Gasteiger partial charge in [0.15, 0.2) is 0 Å². The molecule has 0 bridgehead atoms. The van der Waals surface area contributed by atoms with Gasteiger partial charge in [-0.05, 0) is 47.4 Å². The first kappa shape index (κ1) is 20.6. The summed E-state index contributed by atoms with van der Waals surface area (Å²) in [6.45, 7) is 14.4. The van der Waals surface area contributed by atoms with Gasteiger partial charge in [-0.1, -0.05) is 117 Å². The molecule has 0 aliphatic rings. The number of rotatable bonds is 6. The maximum absolute atomic E-state index is 2.51. The molecule has 1 atom stereocenters. The molecule has 0 saturated heterocycles. The summed E-state index contributed by atoms with van der Waals surface area (Å²) in [4.78, 5) is 0. The minimum Gasteiger partial charge on any atom is -0.0628 e. The molecule has 3 aromatic rings. The Labute approximate surface area is 173 Å². The van der Waals surface area contributed by atoms with Gasteiger partial charge in [0, 0.05) is 0 Å². The van der Waals surface area contributed by atoms with Crippen LogP contribution in [0.1, 0.15) is 50.3 Å². The van der Waals surface area contributed by atoms with Crippen LogP contribution < -0.4 is 10.4 Å². The molecule has 0 fully saturated rings. The lowest BCUT2D eigenvalue weighted by Gasteiger charge is -2.44. The Hall–Kier alpha value is -2.12. The Balaban J connectivity index is 2.22. The van der Waals surface area contributed by atoms with Crippen molar-refractivity contribution in [2.24, 2.45) is 5.92 Å². The van der Waals surface area contributed by atoms with Crippen LogP contribution in [0.15, 0.2) is 78.9 Å². The first-order valence-corrected chi connectivity index (χ1v) is 11.9. The van der Waals surface area contributed by atoms with E-state index in [9.17, 15) is 0 Å². The molecule has 0 nitrogen and oxygen atoms in total. The Morgan fingerprint density at radius 3 is 1.46 bits per heavy atom. The Bertz CT molecular complexity index is 834. The maximum Gasteiger partial charge on any atom is 0.127 e. The van der Waals surface area contributed by atoms with Crippen LogP contribution in [0.2, 0.25) is 5.04 Å². The van der Waals surface area contributed by atoms with Crippen molar-refractivity contribution in [2.45, 2.75) is 52.5 Å². The predicted octanol–water partition coefficient (Wildman–Crippen LogP) is 6.13. The molecule has 0 aliphatic heterocycles. The third kappa shape index (κ3) is 4.00. The van der Waals surface area contributed by atoms with Crippen molar-refractivity contribution in [1.29, 1.82) is 0 Å². The van der Waals surface area contributed by atoms with Gasteiger partial charge in [0.1, 0.15) is 8.80 Å². The fourth-order valence-corrected chi connectivity index (χ4v) is 8.78. The second-order valence-electron chi connectivity index (χ2n) is 8.86. The van der Waals surface area contributed by atoms with Crippen molar-refractivity contribution in [3.05, 3.63) is 95.6 Å². The van der Waals surface area contributed by atoms with Crippen molar-refractivity contribution in [3.63, 3.8) is 0 Å². The zero-order chi connectivity index (χ0) is 20.3. The molecule has 0 N–H and O–H groups in total. The van der Waals surface area contributed by atoms with Gasteiger partial charge in [-0.2, -0.15) is 0 Å². The topological polar surface area (TPSA) is 0 Å². The second-order valence-corrected chi connectivity index (χ2v) is 12.0. The minimum atomic E-state index is -0.999. The van der Waals surface area contributed by atoms with Crippen LogP contribution >= 0.6 is 0 Å². The highest BCUT2D eigenvalue weighted by Gasteiger charge is 2.43. The summed E-state index contributed by atoms with van der Waals surface area (Å²) in [5.41, 5.74) is 4.40. The fraction of sp³-hybridized carbons (Fsp3) is 0.333. The molecule has 0 spiro atoms. The summed E-state index contributed by atoms with van der Waals surface area (Å²) in [6, 6.07) is 29.2. The highest BCUT2D eigenvalue weighted by Crippen LogP contribution is 2.50. The average molecular weight is 386 g/mol. The third-order valence-corrected chi connectivity index (χ3v) is 9.49. The molecule has 0 heterocycles. The van der Waals surface area contributed by atoms with Gasteiger partial charge < -0.3 is 0 Å². The monoisotopic (exact) mass is 385 g/mol. The average Bonchev–Trinajstić information content (AvgIpc) is 2.66. The standard InChI is InChI=1S/C27H33Si/c1-20(2)26(25-21(3)14-13-15-22(25)4)27(5,6)28(23-16-9-7-10-17-23)24-18-11-8-12-19-24/h7-20,26H,1-6H3. The minimum absolute atomic E-state index is 0.151. The van der Waals surface area contributed by atoms with Gasteiger partial charge in [-0.25, -0.2) is 0 Å². The van der Waals surface area contributed by atoms with E-state index in [1.807, 2.05) is 0 Å². The third-order valence-electron chi connectivity index (χ3n) is 6.07. The molecule has 3 rings (SSSR count). The highest BCUT2D eigenvalue weighted by atomic mass is 28.3. The van der Waals surface area contributed by atoms with Crippen LogP contribution in [0.3, 0.4) is 0 Å². The lowest BCUT2D eigenvalue weighted by Crippen LogP contribution is -2.52. The molecule has 0 aromatic heterocycles. The SMILES string of the molecule is Cc1cccc(C)c1C(C(C)C)C(C)(C)[Si](c1ccccc1)c1ccccc1. The van der Waals surface area contributed by atoms with Crippen LogP contribution in [-0.4, -0.2) is 8.80 Å². The van der Waals surface area contributed by atoms with E-state index >= 15 is 0 Å². The lowest BCUT2D eigenvalue weighted by molar-refractivity contribution is 0.396. The fourth-order valence-electron chi connectivity index (χ4n) is 5.12. The van der Waals surface area contributed by atoms with Crippen molar-refractivity contribution >= 4 is 19.2 Å². The van der Waals surface area contributed by atoms with Crippen molar-refractivity contribution in [3.8, 4) is 0 Å². The molecular formula is C27H33Si. The van der Waals surface area contributed by atoms with E-state index in [0.29, 0.717) is 11.8 Å². The van der Waals surface area contributed by atoms with E-state index in [1.165, 1.54) is 21.5 Å². The molecule has 1 unspecified atom stereocenters. The first-order chi connectivity index (χ1) is 13.3. The van der Waals surface area contributed by atoms with Gasteiger partial charge in [0.2, 0.25) is 0 Å². The van der Waals surface area contributed by atoms with Gasteiger partial charge in [-0.3, -0.25) is 0 Å². The van der Waals surface area contributed by atoms with Crippen LogP contribution in [0.4, 0.5) is 0 Å². The van der Waals surface area contributed by atoms with Crippen LogP contribution in [0.25, 0.3) is 0 Å². The molecule has 0 amide bonds. The summed E-state index contributed by atoms with van der Waals surface area (Å²) in [5.74, 6) is 1.07. The molecule has 0 aliphatic carbocycles. The van der Waals surface area contributed by atoms with E-state index in [1.54, 1.807) is 5.56 Å². The molecule has 0 saturated carbocycles. The van der Waals surface area contributed by atoms with E-state index in [-0.39, 0.29) is 5.04 Å². The Morgan fingerprint density at radius 2 is 1.07 bits per heavy atom. The summed E-state index contributed by atoms with van der Waals surface area (Å²) in [7, 11) is -0.999. The zero-order valence-electron chi connectivity index (χ0n) is 18.2. The highest BCUT2D eigenvalue weighted by molar-refractivity contribution is 6.87.